The summed E-state index contributed by atoms with van der Waals surface area (Å²) in [4.78, 5) is 70.4. The van der Waals surface area contributed by atoms with Crippen molar-refractivity contribution in [2.75, 3.05) is 40.7 Å². The number of benzene rings is 2. The zero-order chi connectivity index (χ0) is 39.2. The molecule has 6 rings (SSSR count). The monoisotopic (exact) mass is 772 g/mol. The van der Waals surface area contributed by atoms with Gasteiger partial charge < -0.3 is 44.6 Å². The molecule has 0 saturated carbocycles. The first-order chi connectivity index (χ1) is 26.5. The molecule has 4 amide bonds. The lowest BCUT2D eigenvalue weighted by molar-refractivity contribution is -0.137. The second-order valence-corrected chi connectivity index (χ2v) is 14.9. The Kier molecular flexibility index (Phi) is 12.5. The fourth-order valence-corrected chi connectivity index (χ4v) is 7.89. The van der Waals surface area contributed by atoms with E-state index in [2.05, 4.69) is 59.6 Å². The molecular weight excluding hydrogens is 725 g/mol. The summed E-state index contributed by atoms with van der Waals surface area (Å²) in [6.45, 7) is 4.50. The Morgan fingerprint density at radius 2 is 1.29 bits per heavy atom. The number of alkyl carbamates (subject to hydrolysis) is 2. The molecule has 4 heterocycles. The van der Waals surface area contributed by atoms with Gasteiger partial charge in [-0.15, -0.1) is 0 Å². The number of methoxy groups -OCH3 is 3. The van der Waals surface area contributed by atoms with Crippen molar-refractivity contribution in [2.45, 2.75) is 68.6 Å². The van der Waals surface area contributed by atoms with Gasteiger partial charge >= 0.3 is 12.2 Å². The Hall–Kier alpha value is -5.35. The molecule has 292 valence electrons. The summed E-state index contributed by atoms with van der Waals surface area (Å²) in [6, 6.07) is 14.3. The molecule has 4 aromatic rings. The fourth-order valence-electron chi connectivity index (χ4n) is 7.20. The normalized spacial score (nSPS) is 19.8. The van der Waals surface area contributed by atoms with Crippen molar-refractivity contribution in [3.05, 3.63) is 72.6 Å². The van der Waals surface area contributed by atoms with Crippen LogP contribution in [-0.2, 0) is 23.8 Å². The third kappa shape index (κ3) is 8.65. The number of aromatic amines is 2. The Labute approximate surface area is 324 Å². The number of ether oxygens (including phenoxy) is 3. The molecule has 2 aromatic carbocycles. The summed E-state index contributed by atoms with van der Waals surface area (Å²) in [5, 5.41) is 5.45. The van der Waals surface area contributed by atoms with E-state index in [1.807, 2.05) is 30.5 Å². The van der Waals surface area contributed by atoms with Crippen LogP contribution in [0, 0.1) is 0 Å². The highest BCUT2D eigenvalue weighted by Gasteiger charge is 2.40. The summed E-state index contributed by atoms with van der Waals surface area (Å²) in [5.41, 5.74) is 5.69. The van der Waals surface area contributed by atoms with Crippen molar-refractivity contribution in [3.8, 4) is 33.6 Å². The molecule has 55 heavy (non-hydrogen) atoms. The van der Waals surface area contributed by atoms with Crippen molar-refractivity contribution in [1.82, 2.24) is 40.4 Å². The highest BCUT2D eigenvalue weighted by atomic mass is 32.2. The number of imidazole rings is 2. The lowest BCUT2D eigenvalue weighted by Gasteiger charge is -2.30. The van der Waals surface area contributed by atoms with Crippen molar-refractivity contribution in [1.29, 1.82) is 0 Å². The van der Waals surface area contributed by atoms with Gasteiger partial charge in [-0.3, -0.25) is 9.59 Å². The van der Waals surface area contributed by atoms with Crippen LogP contribution in [-0.4, -0.2) is 118 Å². The highest BCUT2D eigenvalue weighted by molar-refractivity contribution is 7.99. The van der Waals surface area contributed by atoms with E-state index in [9.17, 15) is 19.2 Å². The SMILES string of the molecule is COC(=O)N[C@@H](C)C(=O)N1C[C@@H](SC)C[C@H]1c1ncc(-c2ccc(-c3ccc(-c4cnc([C@@H]5CCCN5C(=O)[C@@H](NC(=O)OC)[C@@H](C)OC)[nH]4)cc3)cc2)[nH]1. The predicted octanol–water partition coefficient (Wildman–Crippen LogP) is 5.31. The fraction of sp³-hybridized carbons (Fsp3) is 0.436. The summed E-state index contributed by atoms with van der Waals surface area (Å²) in [7, 11) is 4.02. The van der Waals surface area contributed by atoms with Crippen molar-refractivity contribution in [2.24, 2.45) is 0 Å². The van der Waals surface area contributed by atoms with E-state index >= 15 is 0 Å². The molecule has 0 unspecified atom stereocenters. The van der Waals surface area contributed by atoms with Gasteiger partial charge in [0.15, 0.2) is 0 Å². The smallest absolute Gasteiger partial charge is 0.407 e. The summed E-state index contributed by atoms with van der Waals surface area (Å²) < 4.78 is 14.8. The number of aromatic nitrogens is 4. The first-order valence-corrected chi connectivity index (χ1v) is 19.5. The van der Waals surface area contributed by atoms with E-state index in [0.29, 0.717) is 24.7 Å². The van der Waals surface area contributed by atoms with Crippen molar-refractivity contribution >= 4 is 35.8 Å². The van der Waals surface area contributed by atoms with Gasteiger partial charge in [0.2, 0.25) is 11.8 Å². The number of rotatable bonds is 12. The molecule has 2 saturated heterocycles. The largest absolute Gasteiger partial charge is 0.453 e. The number of amides is 4. The third-order valence-corrected chi connectivity index (χ3v) is 11.4. The molecular formula is C39H48N8O7S. The number of hydrogen-bond acceptors (Lipinski definition) is 10. The number of thioether (sulfide) groups is 1. The molecule has 2 aromatic heterocycles. The number of nitrogens with zero attached hydrogens (tertiary/aromatic N) is 4. The zero-order valence-corrected chi connectivity index (χ0v) is 32.6. The van der Waals surface area contributed by atoms with E-state index < -0.39 is 30.4 Å². The second-order valence-electron chi connectivity index (χ2n) is 13.7. The van der Waals surface area contributed by atoms with Gasteiger partial charge in [-0.1, -0.05) is 48.5 Å². The summed E-state index contributed by atoms with van der Waals surface area (Å²) in [5.74, 6) is 0.963. The van der Waals surface area contributed by atoms with E-state index in [0.717, 1.165) is 52.9 Å². The average molecular weight is 773 g/mol. The van der Waals surface area contributed by atoms with E-state index in [1.54, 1.807) is 47.8 Å². The Morgan fingerprint density at radius 1 is 0.764 bits per heavy atom. The molecule has 2 aliphatic rings. The minimum atomic E-state index is -0.896. The van der Waals surface area contributed by atoms with Crippen LogP contribution in [0.2, 0.25) is 0 Å². The van der Waals surface area contributed by atoms with Crippen LogP contribution in [0.25, 0.3) is 33.6 Å². The molecule has 0 radical (unpaired) electrons. The Morgan fingerprint density at radius 3 is 1.82 bits per heavy atom. The number of likely N-dealkylation sites (tertiary alicyclic amines) is 2. The first kappa shape index (κ1) is 39.3. The van der Waals surface area contributed by atoms with Crippen LogP contribution >= 0.6 is 11.8 Å². The van der Waals surface area contributed by atoms with Gasteiger partial charge in [0.25, 0.3) is 0 Å². The second kappa shape index (κ2) is 17.4. The lowest BCUT2D eigenvalue weighted by Crippen LogP contribution is -2.54. The molecule has 15 nitrogen and oxygen atoms in total. The maximum Gasteiger partial charge on any atom is 0.407 e. The number of H-pyrrole nitrogens is 2. The Bertz CT molecular complexity index is 1970. The quantitative estimate of drug-likeness (QED) is 0.147. The number of nitrogens with one attached hydrogen (secondary N) is 4. The number of carbonyl (C=O) groups excluding carboxylic acids is 4. The molecule has 6 atom stereocenters. The van der Waals surface area contributed by atoms with E-state index in [1.165, 1.54) is 21.3 Å². The maximum absolute atomic E-state index is 13.6. The highest BCUT2D eigenvalue weighted by Crippen LogP contribution is 2.37. The van der Waals surface area contributed by atoms with E-state index in [-0.39, 0.29) is 29.1 Å². The van der Waals surface area contributed by atoms with Crippen LogP contribution in [0.3, 0.4) is 0 Å². The molecule has 16 heteroatoms. The minimum Gasteiger partial charge on any atom is -0.453 e. The topological polar surface area (TPSA) is 184 Å². The third-order valence-electron chi connectivity index (χ3n) is 10.4. The number of carbonyl (C=O) groups is 4. The molecule has 0 spiro atoms. The Balaban J connectivity index is 1.11. The minimum absolute atomic E-state index is 0.182. The summed E-state index contributed by atoms with van der Waals surface area (Å²) >= 11 is 1.71. The zero-order valence-electron chi connectivity index (χ0n) is 31.8. The van der Waals surface area contributed by atoms with Crippen molar-refractivity contribution in [3.63, 3.8) is 0 Å². The first-order valence-electron chi connectivity index (χ1n) is 18.2. The lowest BCUT2D eigenvalue weighted by atomic mass is 10.0. The van der Waals surface area contributed by atoms with Gasteiger partial charge in [0.1, 0.15) is 23.7 Å². The molecule has 2 aliphatic heterocycles. The average Bonchev–Trinajstić information content (AvgIpc) is 4.05. The maximum atomic E-state index is 13.6. The molecule has 0 bridgehead atoms. The standard InChI is InChI=1S/C39H48N8O7S/c1-22(42-38(50)53-4)36(48)47-21-28(55-6)18-32(47)35-41-20-30(44-35)27-15-11-25(12-16-27)24-9-13-26(14-10-24)29-19-40-34(43-29)31-8-7-17-46(31)37(49)33(23(2)52-3)45-39(51)54-5/h9-16,19-20,22-23,28,31-33H,7-8,17-18,21H2,1-6H3,(H,40,43)(H,41,44)(H,42,50)(H,45,51)/t22-,23+,28-,31-,32-,33-/m0/s1. The molecule has 0 aliphatic carbocycles. The van der Waals surface area contributed by atoms with Gasteiger partial charge in [-0.25, -0.2) is 19.6 Å². The van der Waals surface area contributed by atoms with Crippen LogP contribution in [0.5, 0.6) is 0 Å². The van der Waals surface area contributed by atoms with Gasteiger partial charge in [0, 0.05) is 25.4 Å². The van der Waals surface area contributed by atoms with Crippen molar-refractivity contribution < 1.29 is 33.4 Å². The van der Waals surface area contributed by atoms with Gasteiger partial charge in [0.05, 0.1) is 56.2 Å². The van der Waals surface area contributed by atoms with Crippen LogP contribution in [0.15, 0.2) is 60.9 Å². The van der Waals surface area contributed by atoms with Gasteiger partial charge in [-0.05, 0) is 61.6 Å². The van der Waals surface area contributed by atoms with E-state index in [4.69, 9.17) is 9.47 Å². The van der Waals surface area contributed by atoms with Crippen LogP contribution in [0.4, 0.5) is 9.59 Å². The number of hydrogen-bond donors (Lipinski definition) is 4. The van der Waals surface area contributed by atoms with Crippen LogP contribution < -0.4 is 10.6 Å². The molecule has 4 N–H and O–H groups in total. The van der Waals surface area contributed by atoms with Gasteiger partial charge in [-0.2, -0.15) is 11.8 Å². The summed E-state index contributed by atoms with van der Waals surface area (Å²) in [6.07, 6.45) is 6.02. The van der Waals surface area contributed by atoms with Crippen LogP contribution in [0.1, 0.15) is 56.8 Å². The molecule has 2 fully saturated rings. The predicted molar refractivity (Wildman–Crippen MR) is 208 cm³/mol.